The topological polar surface area (TPSA) is 48.1 Å². The van der Waals surface area contributed by atoms with Crippen molar-refractivity contribution in [1.82, 2.24) is 4.98 Å². The highest BCUT2D eigenvalue weighted by molar-refractivity contribution is 9.10. The fraction of sp³-hybridized carbons (Fsp3) is 0.312. The predicted octanol–water partition coefficient (Wildman–Crippen LogP) is 3.75. The maximum absolute atomic E-state index is 5.90. The zero-order chi connectivity index (χ0) is 14.5. The second kappa shape index (κ2) is 6.86. The number of aromatic nitrogens is 1. The van der Waals surface area contributed by atoms with E-state index in [1.807, 2.05) is 37.3 Å². The van der Waals surface area contributed by atoms with E-state index < -0.39 is 0 Å². The van der Waals surface area contributed by atoms with Gasteiger partial charge >= 0.3 is 0 Å². The number of halogens is 1. The molecule has 0 aliphatic rings. The van der Waals surface area contributed by atoms with E-state index in [9.17, 15) is 0 Å². The normalized spacial score (nSPS) is 10.6. The lowest BCUT2D eigenvalue weighted by atomic mass is 10.1. The first kappa shape index (κ1) is 15.0. The van der Waals surface area contributed by atoms with Crippen molar-refractivity contribution < 1.29 is 4.74 Å². The van der Waals surface area contributed by atoms with Gasteiger partial charge in [0.15, 0.2) is 0 Å². The van der Waals surface area contributed by atoms with Crippen LogP contribution in [0.5, 0.6) is 5.75 Å². The maximum atomic E-state index is 5.90. The molecule has 1 heterocycles. The highest BCUT2D eigenvalue weighted by atomic mass is 79.9. The quantitative estimate of drug-likeness (QED) is 0.905. The van der Waals surface area contributed by atoms with Crippen molar-refractivity contribution >= 4 is 15.9 Å². The third kappa shape index (κ3) is 3.58. The van der Waals surface area contributed by atoms with E-state index >= 15 is 0 Å². The number of rotatable bonds is 5. The summed E-state index contributed by atoms with van der Waals surface area (Å²) in [7, 11) is 0. The lowest BCUT2D eigenvalue weighted by Gasteiger charge is -2.12. The predicted molar refractivity (Wildman–Crippen MR) is 84.7 cm³/mol. The monoisotopic (exact) mass is 334 g/mol. The molecule has 1 aromatic heterocycles. The van der Waals surface area contributed by atoms with Crippen LogP contribution in [-0.2, 0) is 19.6 Å². The van der Waals surface area contributed by atoms with Gasteiger partial charge in [0, 0.05) is 22.3 Å². The largest absolute Gasteiger partial charge is 0.487 e. The number of nitrogens with zero attached hydrogens (tertiary/aromatic N) is 1. The van der Waals surface area contributed by atoms with E-state index in [1.54, 1.807) is 0 Å². The Kier molecular flexibility index (Phi) is 5.15. The van der Waals surface area contributed by atoms with Gasteiger partial charge in [-0.3, -0.25) is 4.98 Å². The zero-order valence-corrected chi connectivity index (χ0v) is 13.4. The molecule has 3 nitrogen and oxygen atoms in total. The summed E-state index contributed by atoms with van der Waals surface area (Å²) in [5.41, 5.74) is 9.85. The number of hydrogen-bond acceptors (Lipinski definition) is 3. The van der Waals surface area contributed by atoms with Gasteiger partial charge < -0.3 is 10.5 Å². The van der Waals surface area contributed by atoms with E-state index in [-0.39, 0.29) is 0 Å². The second-order valence-corrected chi connectivity index (χ2v) is 5.52. The molecule has 20 heavy (non-hydrogen) atoms. The van der Waals surface area contributed by atoms with Gasteiger partial charge in [-0.05, 0) is 37.1 Å². The molecule has 0 aliphatic carbocycles. The molecule has 2 aromatic rings. The maximum Gasteiger partial charge on any atom is 0.141 e. The van der Waals surface area contributed by atoms with Gasteiger partial charge in [0.05, 0.1) is 5.69 Å². The Hall–Kier alpha value is -1.39. The number of pyridine rings is 1. The lowest BCUT2D eigenvalue weighted by Crippen LogP contribution is -2.02. The minimum Gasteiger partial charge on any atom is -0.487 e. The standard InChI is InChI=1S/C16H19BrN2O/c1-3-15-16(7-4-11(2)19-15)20-10-13-6-5-12(9-18)8-14(13)17/h4-8H,3,9-10,18H2,1-2H3. The summed E-state index contributed by atoms with van der Waals surface area (Å²) in [5.74, 6) is 0.855. The van der Waals surface area contributed by atoms with Crippen LogP contribution in [0.15, 0.2) is 34.8 Å². The summed E-state index contributed by atoms with van der Waals surface area (Å²) in [6.45, 7) is 5.14. The van der Waals surface area contributed by atoms with Crippen LogP contribution in [0, 0.1) is 6.92 Å². The molecule has 1 aromatic carbocycles. The van der Waals surface area contributed by atoms with Crippen molar-refractivity contribution in [3.05, 3.63) is 57.3 Å². The van der Waals surface area contributed by atoms with Gasteiger partial charge in [-0.15, -0.1) is 0 Å². The number of aryl methyl sites for hydroxylation is 2. The highest BCUT2D eigenvalue weighted by Crippen LogP contribution is 2.23. The summed E-state index contributed by atoms with van der Waals surface area (Å²) in [6.07, 6.45) is 0.865. The smallest absolute Gasteiger partial charge is 0.141 e. The first-order valence-electron chi connectivity index (χ1n) is 6.70. The van der Waals surface area contributed by atoms with Crippen LogP contribution < -0.4 is 10.5 Å². The summed E-state index contributed by atoms with van der Waals surface area (Å²) in [6, 6.07) is 10.1. The molecule has 0 fully saturated rings. The van der Waals surface area contributed by atoms with Crippen molar-refractivity contribution in [2.75, 3.05) is 0 Å². The lowest BCUT2D eigenvalue weighted by molar-refractivity contribution is 0.300. The van der Waals surface area contributed by atoms with E-state index in [1.165, 1.54) is 0 Å². The van der Waals surface area contributed by atoms with Gasteiger partial charge in [-0.2, -0.15) is 0 Å². The van der Waals surface area contributed by atoms with Crippen LogP contribution >= 0.6 is 15.9 Å². The van der Waals surface area contributed by atoms with E-state index in [4.69, 9.17) is 10.5 Å². The molecule has 2 rings (SSSR count). The molecule has 106 valence electrons. The summed E-state index contributed by atoms with van der Waals surface area (Å²) < 4.78 is 6.93. The Morgan fingerprint density at radius 1 is 1.25 bits per heavy atom. The van der Waals surface area contributed by atoms with Crippen LogP contribution in [0.3, 0.4) is 0 Å². The van der Waals surface area contributed by atoms with E-state index in [0.29, 0.717) is 13.2 Å². The van der Waals surface area contributed by atoms with Crippen LogP contribution in [0.2, 0.25) is 0 Å². The molecular weight excluding hydrogens is 316 g/mol. The Bertz CT molecular complexity index is 599. The van der Waals surface area contributed by atoms with Crippen LogP contribution in [0.25, 0.3) is 0 Å². The first-order valence-corrected chi connectivity index (χ1v) is 7.50. The van der Waals surface area contributed by atoms with Crippen molar-refractivity contribution in [3.63, 3.8) is 0 Å². The van der Waals surface area contributed by atoms with Crippen molar-refractivity contribution in [3.8, 4) is 5.75 Å². The average Bonchev–Trinajstić information content (AvgIpc) is 2.46. The molecule has 4 heteroatoms. The van der Waals surface area contributed by atoms with Crippen molar-refractivity contribution in [1.29, 1.82) is 0 Å². The SMILES string of the molecule is CCc1nc(C)ccc1OCc1ccc(CN)cc1Br. The zero-order valence-electron chi connectivity index (χ0n) is 11.8. The number of ether oxygens (including phenoxy) is 1. The van der Waals surface area contributed by atoms with Gasteiger partial charge in [-0.1, -0.05) is 35.0 Å². The Labute approximate surface area is 128 Å². The van der Waals surface area contributed by atoms with Gasteiger partial charge in [-0.25, -0.2) is 0 Å². The number of nitrogens with two attached hydrogens (primary N) is 1. The molecular formula is C16H19BrN2O. The number of hydrogen-bond donors (Lipinski definition) is 1. The molecule has 0 saturated heterocycles. The molecule has 0 radical (unpaired) electrons. The van der Waals surface area contributed by atoms with Crippen LogP contribution in [0.4, 0.5) is 0 Å². The molecule has 0 spiro atoms. The van der Waals surface area contributed by atoms with Crippen LogP contribution in [0.1, 0.15) is 29.4 Å². The van der Waals surface area contributed by atoms with Crippen molar-refractivity contribution in [2.45, 2.75) is 33.4 Å². The molecule has 0 atom stereocenters. The minimum absolute atomic E-state index is 0.517. The summed E-state index contributed by atoms with van der Waals surface area (Å²) >= 11 is 3.56. The van der Waals surface area contributed by atoms with E-state index in [2.05, 4.69) is 27.8 Å². The molecule has 0 unspecified atom stereocenters. The fourth-order valence-corrected chi connectivity index (χ4v) is 2.51. The number of benzene rings is 1. The van der Waals surface area contributed by atoms with Crippen LogP contribution in [-0.4, -0.2) is 4.98 Å². The molecule has 0 aliphatic heterocycles. The molecule has 0 amide bonds. The van der Waals surface area contributed by atoms with Gasteiger partial charge in [0.25, 0.3) is 0 Å². The van der Waals surface area contributed by atoms with E-state index in [0.717, 1.165) is 39.2 Å². The van der Waals surface area contributed by atoms with Crippen molar-refractivity contribution in [2.24, 2.45) is 5.73 Å². The third-order valence-electron chi connectivity index (χ3n) is 3.14. The van der Waals surface area contributed by atoms with Gasteiger partial charge in [0.2, 0.25) is 0 Å². The summed E-state index contributed by atoms with van der Waals surface area (Å²) in [4.78, 5) is 4.50. The third-order valence-corrected chi connectivity index (χ3v) is 3.88. The molecule has 0 bridgehead atoms. The first-order chi connectivity index (χ1) is 9.63. The Morgan fingerprint density at radius 2 is 2.05 bits per heavy atom. The second-order valence-electron chi connectivity index (χ2n) is 4.67. The van der Waals surface area contributed by atoms with Gasteiger partial charge in [0.1, 0.15) is 12.4 Å². The molecule has 0 saturated carbocycles. The highest BCUT2D eigenvalue weighted by Gasteiger charge is 2.06. The Balaban J connectivity index is 2.12. The Morgan fingerprint density at radius 3 is 2.70 bits per heavy atom. The minimum atomic E-state index is 0.517. The fourth-order valence-electron chi connectivity index (χ4n) is 1.97. The average molecular weight is 335 g/mol. The molecule has 2 N–H and O–H groups in total. The summed E-state index contributed by atoms with van der Waals surface area (Å²) in [5, 5.41) is 0.